The Kier molecular flexibility index (Phi) is 1.80. The van der Waals surface area contributed by atoms with Crippen molar-refractivity contribution in [3.05, 3.63) is 0 Å². The molecule has 0 atom stereocenters. The molecule has 0 bridgehead atoms. The van der Waals surface area contributed by atoms with E-state index in [4.69, 9.17) is 0 Å². The third-order valence-corrected chi connectivity index (χ3v) is 2.03. The molecule has 0 aliphatic heterocycles. The van der Waals surface area contributed by atoms with Crippen LogP contribution in [0.15, 0.2) is 0 Å². The third kappa shape index (κ3) is 2.35. The standard InChI is InChI=1S/C8H18N/c1-9(2,3)7-8-5-4-6-8/h8H,4-7H2,1-3H3/q+1. The number of nitrogens with zero attached hydrogens (tertiary/aromatic N) is 1. The van der Waals surface area contributed by atoms with Gasteiger partial charge in [-0.2, -0.15) is 0 Å². The van der Waals surface area contributed by atoms with E-state index in [0.29, 0.717) is 0 Å². The summed E-state index contributed by atoms with van der Waals surface area (Å²) in [4.78, 5) is 0. The second-order valence-corrected chi connectivity index (χ2v) is 4.27. The molecule has 0 radical (unpaired) electrons. The van der Waals surface area contributed by atoms with Gasteiger partial charge in [-0.3, -0.25) is 0 Å². The van der Waals surface area contributed by atoms with Crippen molar-refractivity contribution in [2.24, 2.45) is 5.92 Å². The molecule has 0 aromatic heterocycles. The average Bonchev–Trinajstić information content (AvgIpc) is 1.53. The van der Waals surface area contributed by atoms with Crippen LogP contribution < -0.4 is 0 Å². The summed E-state index contributed by atoms with van der Waals surface area (Å²) in [6.45, 7) is 1.38. The summed E-state index contributed by atoms with van der Waals surface area (Å²) in [5, 5.41) is 0. The maximum atomic E-state index is 2.28. The van der Waals surface area contributed by atoms with E-state index in [1.165, 1.54) is 25.8 Å². The zero-order valence-electron chi connectivity index (χ0n) is 6.85. The molecular weight excluding hydrogens is 110 g/mol. The Bertz CT molecular complexity index is 87.2. The minimum atomic E-state index is 1.05. The Hall–Kier alpha value is -0.0400. The van der Waals surface area contributed by atoms with Gasteiger partial charge in [0.1, 0.15) is 0 Å². The lowest BCUT2D eigenvalue weighted by Gasteiger charge is -2.33. The van der Waals surface area contributed by atoms with Crippen LogP contribution in [0.5, 0.6) is 0 Å². The van der Waals surface area contributed by atoms with Gasteiger partial charge in [-0.05, 0) is 12.8 Å². The summed E-state index contributed by atoms with van der Waals surface area (Å²) in [5.41, 5.74) is 0. The molecule has 0 saturated heterocycles. The van der Waals surface area contributed by atoms with E-state index >= 15 is 0 Å². The van der Waals surface area contributed by atoms with E-state index in [1.54, 1.807) is 0 Å². The number of quaternary nitrogens is 1. The summed E-state index contributed by atoms with van der Waals surface area (Å²) in [6, 6.07) is 0. The molecule has 1 fully saturated rings. The van der Waals surface area contributed by atoms with Crippen LogP contribution in [-0.2, 0) is 0 Å². The lowest BCUT2D eigenvalue weighted by Crippen LogP contribution is -2.40. The summed E-state index contributed by atoms with van der Waals surface area (Å²) >= 11 is 0. The van der Waals surface area contributed by atoms with E-state index in [2.05, 4.69) is 21.1 Å². The van der Waals surface area contributed by atoms with Crippen molar-refractivity contribution >= 4 is 0 Å². The second-order valence-electron chi connectivity index (χ2n) is 4.27. The molecule has 0 heterocycles. The highest BCUT2D eigenvalue weighted by Gasteiger charge is 2.23. The van der Waals surface area contributed by atoms with Crippen LogP contribution in [-0.4, -0.2) is 32.2 Å². The number of hydrogen-bond acceptors (Lipinski definition) is 0. The zero-order valence-corrected chi connectivity index (χ0v) is 6.85. The van der Waals surface area contributed by atoms with E-state index in [-0.39, 0.29) is 0 Å². The predicted molar refractivity (Wildman–Crippen MR) is 40.2 cm³/mol. The average molecular weight is 128 g/mol. The molecule has 1 rings (SSSR count). The number of rotatable bonds is 2. The van der Waals surface area contributed by atoms with Crippen molar-refractivity contribution in [1.82, 2.24) is 0 Å². The van der Waals surface area contributed by atoms with Gasteiger partial charge < -0.3 is 4.48 Å². The SMILES string of the molecule is C[N+](C)(C)CC1CCC1. The largest absolute Gasteiger partial charge is 0.331 e. The van der Waals surface area contributed by atoms with Crippen LogP contribution >= 0.6 is 0 Å². The summed E-state index contributed by atoms with van der Waals surface area (Å²) in [5.74, 6) is 1.05. The molecule has 1 heteroatoms. The van der Waals surface area contributed by atoms with Gasteiger partial charge in [-0.25, -0.2) is 0 Å². The maximum Gasteiger partial charge on any atom is 0.0809 e. The van der Waals surface area contributed by atoms with Crippen molar-refractivity contribution in [3.8, 4) is 0 Å². The van der Waals surface area contributed by atoms with Crippen molar-refractivity contribution in [3.63, 3.8) is 0 Å². The molecule has 0 amide bonds. The highest BCUT2D eigenvalue weighted by molar-refractivity contribution is 4.68. The highest BCUT2D eigenvalue weighted by Crippen LogP contribution is 2.27. The van der Waals surface area contributed by atoms with Gasteiger partial charge in [0.25, 0.3) is 0 Å². The van der Waals surface area contributed by atoms with Gasteiger partial charge in [0.15, 0.2) is 0 Å². The molecule has 0 spiro atoms. The smallest absolute Gasteiger partial charge is 0.0809 e. The van der Waals surface area contributed by atoms with Gasteiger partial charge in [0, 0.05) is 5.92 Å². The maximum absolute atomic E-state index is 2.28. The molecule has 1 aliphatic rings. The Morgan fingerprint density at radius 1 is 1.22 bits per heavy atom. The normalized spacial score (nSPS) is 21.7. The minimum absolute atomic E-state index is 1.05. The van der Waals surface area contributed by atoms with Crippen LogP contribution in [0.25, 0.3) is 0 Å². The fourth-order valence-electron chi connectivity index (χ4n) is 1.45. The van der Waals surface area contributed by atoms with Crippen LogP contribution in [0.2, 0.25) is 0 Å². The van der Waals surface area contributed by atoms with Gasteiger partial charge in [0.05, 0.1) is 27.7 Å². The molecule has 1 saturated carbocycles. The van der Waals surface area contributed by atoms with E-state index in [1.807, 2.05) is 0 Å². The predicted octanol–water partition coefficient (Wildman–Crippen LogP) is 1.49. The summed E-state index contributed by atoms with van der Waals surface area (Å²) < 4.78 is 1.14. The van der Waals surface area contributed by atoms with E-state index in [9.17, 15) is 0 Å². The van der Waals surface area contributed by atoms with Crippen LogP contribution in [0.4, 0.5) is 0 Å². The van der Waals surface area contributed by atoms with Gasteiger partial charge in [-0.15, -0.1) is 0 Å². The van der Waals surface area contributed by atoms with Crippen molar-refractivity contribution in [2.75, 3.05) is 27.7 Å². The number of hydrogen-bond donors (Lipinski definition) is 0. The molecule has 0 N–H and O–H groups in total. The zero-order chi connectivity index (χ0) is 6.91. The molecule has 0 aromatic rings. The Morgan fingerprint density at radius 3 is 1.89 bits per heavy atom. The lowest BCUT2D eigenvalue weighted by atomic mass is 9.85. The minimum Gasteiger partial charge on any atom is -0.331 e. The molecule has 1 nitrogen and oxygen atoms in total. The van der Waals surface area contributed by atoms with Gasteiger partial charge in [-0.1, -0.05) is 6.42 Å². The van der Waals surface area contributed by atoms with Crippen molar-refractivity contribution < 1.29 is 4.48 Å². The third-order valence-electron chi connectivity index (χ3n) is 2.03. The van der Waals surface area contributed by atoms with Crippen LogP contribution in [0.1, 0.15) is 19.3 Å². The summed E-state index contributed by atoms with van der Waals surface area (Å²) in [6.07, 6.45) is 4.44. The molecule has 0 unspecified atom stereocenters. The molecule has 54 valence electrons. The first-order valence-corrected chi connectivity index (χ1v) is 3.88. The quantitative estimate of drug-likeness (QED) is 0.494. The van der Waals surface area contributed by atoms with Gasteiger partial charge >= 0.3 is 0 Å². The Balaban J connectivity index is 2.16. The monoisotopic (exact) mass is 128 g/mol. The first-order valence-electron chi connectivity index (χ1n) is 3.88. The molecule has 9 heavy (non-hydrogen) atoms. The fraction of sp³-hybridized carbons (Fsp3) is 1.00. The van der Waals surface area contributed by atoms with Crippen LogP contribution in [0, 0.1) is 5.92 Å². The lowest BCUT2D eigenvalue weighted by molar-refractivity contribution is -0.874. The van der Waals surface area contributed by atoms with Crippen molar-refractivity contribution in [2.45, 2.75) is 19.3 Å². The highest BCUT2D eigenvalue weighted by atomic mass is 15.3. The summed E-state index contributed by atoms with van der Waals surface area (Å²) in [7, 11) is 6.83. The molecule has 0 aromatic carbocycles. The van der Waals surface area contributed by atoms with E-state index in [0.717, 1.165) is 10.4 Å². The topological polar surface area (TPSA) is 0 Å². The van der Waals surface area contributed by atoms with Crippen molar-refractivity contribution in [1.29, 1.82) is 0 Å². The second kappa shape index (κ2) is 2.30. The fourth-order valence-corrected chi connectivity index (χ4v) is 1.45. The van der Waals surface area contributed by atoms with E-state index < -0.39 is 0 Å². The van der Waals surface area contributed by atoms with Gasteiger partial charge in [0.2, 0.25) is 0 Å². The molecular formula is C8H18N+. The first-order chi connectivity index (χ1) is 4.08. The van der Waals surface area contributed by atoms with Crippen LogP contribution in [0.3, 0.4) is 0 Å². The first kappa shape index (κ1) is 7.07. The molecule has 1 aliphatic carbocycles. The Labute approximate surface area is 58.3 Å². The Morgan fingerprint density at radius 2 is 1.78 bits per heavy atom.